The molecule has 1 aromatic heterocycles. The molecule has 2 atom stereocenters. The standard InChI is InChI=1S/C30H32N2O/c1-24(2)29(23-33-22-28-20-12-13-21-31-28)32-30(25-14-6-3-7-15-25,26-16-8-4-9-17-26)27-18-10-5-11-19-27/h3-21,24,29,32H,22-23H2,1-2H3/t29-/m1/s1/i22D/t22?,29-. The van der Waals surface area contributed by atoms with E-state index in [1.54, 1.807) is 6.20 Å². The molecule has 0 aliphatic rings. The molecule has 4 aromatic rings. The Morgan fingerprint density at radius 2 is 1.24 bits per heavy atom. The van der Waals surface area contributed by atoms with Gasteiger partial charge in [0.25, 0.3) is 0 Å². The van der Waals surface area contributed by atoms with Crippen LogP contribution in [0.25, 0.3) is 0 Å². The minimum atomic E-state index is -0.830. The number of benzene rings is 3. The molecule has 0 aliphatic heterocycles. The lowest BCUT2D eigenvalue weighted by Gasteiger charge is -2.41. The monoisotopic (exact) mass is 437 g/mol. The quantitative estimate of drug-likeness (QED) is 0.300. The van der Waals surface area contributed by atoms with Crippen LogP contribution in [-0.2, 0) is 16.9 Å². The first-order valence-corrected chi connectivity index (χ1v) is 11.5. The molecule has 0 fully saturated rings. The van der Waals surface area contributed by atoms with E-state index in [1.807, 2.05) is 36.4 Å². The summed E-state index contributed by atoms with van der Waals surface area (Å²) in [5.74, 6) is 0.270. The second-order valence-electron chi connectivity index (χ2n) is 8.55. The summed E-state index contributed by atoms with van der Waals surface area (Å²) in [4.78, 5) is 4.29. The number of nitrogens with one attached hydrogen (secondary N) is 1. The highest BCUT2D eigenvalue weighted by Gasteiger charge is 2.38. The number of hydrogen-bond donors (Lipinski definition) is 1. The Morgan fingerprint density at radius 1 is 0.758 bits per heavy atom. The van der Waals surface area contributed by atoms with Gasteiger partial charge in [-0.1, -0.05) is 111 Å². The summed E-state index contributed by atoms with van der Waals surface area (Å²) in [5.41, 5.74) is 3.51. The molecule has 0 radical (unpaired) electrons. The van der Waals surface area contributed by atoms with E-state index in [-0.39, 0.29) is 12.0 Å². The van der Waals surface area contributed by atoms with Crippen LogP contribution in [0.15, 0.2) is 115 Å². The summed E-state index contributed by atoms with van der Waals surface area (Å²) in [6.07, 6.45) is 1.70. The molecule has 3 heteroatoms. The average Bonchev–Trinajstić information content (AvgIpc) is 2.90. The second-order valence-corrected chi connectivity index (χ2v) is 8.55. The predicted molar refractivity (Wildman–Crippen MR) is 135 cm³/mol. The highest BCUT2D eigenvalue weighted by Crippen LogP contribution is 2.37. The molecule has 3 nitrogen and oxygen atoms in total. The van der Waals surface area contributed by atoms with Crippen LogP contribution in [0.2, 0.25) is 0 Å². The molecular weight excluding hydrogens is 404 g/mol. The molecule has 1 N–H and O–H groups in total. The molecule has 0 aliphatic carbocycles. The van der Waals surface area contributed by atoms with Crippen LogP contribution in [0.4, 0.5) is 0 Å². The van der Waals surface area contributed by atoms with Crippen LogP contribution in [0.3, 0.4) is 0 Å². The second kappa shape index (κ2) is 11.0. The first-order chi connectivity index (χ1) is 16.6. The average molecular weight is 438 g/mol. The topological polar surface area (TPSA) is 34.1 Å². The van der Waals surface area contributed by atoms with Gasteiger partial charge in [0.1, 0.15) is 0 Å². The van der Waals surface area contributed by atoms with Gasteiger partial charge in [-0.2, -0.15) is 0 Å². The fraction of sp³-hybridized carbons (Fsp3) is 0.233. The zero-order chi connectivity index (χ0) is 23.8. The van der Waals surface area contributed by atoms with Crippen LogP contribution in [0, 0.1) is 5.92 Å². The fourth-order valence-corrected chi connectivity index (χ4v) is 4.18. The van der Waals surface area contributed by atoms with Gasteiger partial charge in [0.15, 0.2) is 0 Å². The van der Waals surface area contributed by atoms with Crippen molar-refractivity contribution in [1.82, 2.24) is 10.3 Å². The molecule has 0 saturated heterocycles. The van der Waals surface area contributed by atoms with Crippen molar-refractivity contribution in [3.63, 3.8) is 0 Å². The summed E-state index contributed by atoms with van der Waals surface area (Å²) in [7, 11) is 0. The van der Waals surface area contributed by atoms with E-state index in [0.717, 1.165) is 16.7 Å². The molecule has 0 amide bonds. The van der Waals surface area contributed by atoms with E-state index in [1.165, 1.54) is 0 Å². The van der Waals surface area contributed by atoms with Gasteiger partial charge in [-0.3, -0.25) is 10.3 Å². The van der Waals surface area contributed by atoms with Gasteiger partial charge in [-0.05, 0) is 34.7 Å². The first kappa shape index (κ1) is 21.6. The van der Waals surface area contributed by atoms with Gasteiger partial charge in [0.05, 0.1) is 25.8 Å². The van der Waals surface area contributed by atoms with E-state index in [2.05, 4.69) is 96.9 Å². The van der Waals surface area contributed by atoms with Crippen molar-refractivity contribution in [2.75, 3.05) is 6.61 Å². The van der Waals surface area contributed by atoms with Gasteiger partial charge in [0.2, 0.25) is 0 Å². The third-order valence-corrected chi connectivity index (χ3v) is 5.99. The van der Waals surface area contributed by atoms with E-state index in [0.29, 0.717) is 12.3 Å². The number of hydrogen-bond acceptors (Lipinski definition) is 3. The van der Waals surface area contributed by atoms with Crippen LogP contribution in [-0.4, -0.2) is 17.6 Å². The van der Waals surface area contributed by atoms with Gasteiger partial charge in [-0.25, -0.2) is 0 Å². The van der Waals surface area contributed by atoms with Crippen molar-refractivity contribution >= 4 is 0 Å². The highest BCUT2D eigenvalue weighted by molar-refractivity contribution is 5.49. The van der Waals surface area contributed by atoms with E-state index < -0.39 is 12.1 Å². The van der Waals surface area contributed by atoms with Crippen molar-refractivity contribution in [2.24, 2.45) is 5.92 Å². The Kier molecular flexibility index (Phi) is 7.22. The zero-order valence-electron chi connectivity index (χ0n) is 20.3. The van der Waals surface area contributed by atoms with Crippen LogP contribution in [0.5, 0.6) is 0 Å². The van der Waals surface area contributed by atoms with Crippen LogP contribution in [0.1, 0.15) is 37.6 Å². The van der Waals surface area contributed by atoms with Gasteiger partial charge in [-0.15, -0.1) is 0 Å². The summed E-state index contributed by atoms with van der Waals surface area (Å²) < 4.78 is 14.5. The normalized spacial score (nSPS) is 14.0. The number of ether oxygens (including phenoxy) is 1. The highest BCUT2D eigenvalue weighted by atomic mass is 16.5. The maximum atomic E-state index is 8.46. The lowest BCUT2D eigenvalue weighted by atomic mass is 9.76. The summed E-state index contributed by atoms with van der Waals surface area (Å²) in [5, 5.41) is 3.99. The molecule has 0 bridgehead atoms. The van der Waals surface area contributed by atoms with Gasteiger partial charge in [0, 0.05) is 12.2 Å². The van der Waals surface area contributed by atoms with Crippen molar-refractivity contribution in [1.29, 1.82) is 0 Å². The third kappa shape index (κ3) is 5.39. The number of aromatic nitrogens is 1. The smallest absolute Gasteiger partial charge is 0.0950 e. The maximum Gasteiger partial charge on any atom is 0.0950 e. The molecule has 3 aromatic carbocycles. The molecule has 168 valence electrons. The molecule has 1 heterocycles. The van der Waals surface area contributed by atoms with Crippen molar-refractivity contribution < 1.29 is 6.11 Å². The van der Waals surface area contributed by atoms with E-state index >= 15 is 0 Å². The van der Waals surface area contributed by atoms with Crippen LogP contribution < -0.4 is 5.32 Å². The molecule has 4 rings (SSSR count). The summed E-state index contributed by atoms with van der Waals surface area (Å²) >= 11 is 0. The summed E-state index contributed by atoms with van der Waals surface area (Å²) in [6, 6.07) is 37.2. The van der Waals surface area contributed by atoms with Gasteiger partial charge < -0.3 is 4.74 Å². The number of nitrogens with zero attached hydrogens (tertiary/aromatic N) is 1. The van der Waals surface area contributed by atoms with Gasteiger partial charge >= 0.3 is 0 Å². The minimum Gasteiger partial charge on any atom is -0.374 e. The van der Waals surface area contributed by atoms with Crippen molar-refractivity contribution in [3.8, 4) is 0 Å². The lowest BCUT2D eigenvalue weighted by Crippen LogP contribution is -2.53. The SMILES string of the molecule is [2H]C(OC[C@@H](NC(c1ccccc1)(c1ccccc1)c1ccccc1)C(C)C)c1ccccn1. The number of pyridine rings is 1. The largest absolute Gasteiger partial charge is 0.374 e. The minimum absolute atomic E-state index is 0.0165. The Morgan fingerprint density at radius 3 is 1.67 bits per heavy atom. The Hall–Kier alpha value is -3.27. The summed E-state index contributed by atoms with van der Waals surface area (Å²) in [6.45, 7) is 3.93. The third-order valence-electron chi connectivity index (χ3n) is 5.99. The van der Waals surface area contributed by atoms with E-state index in [4.69, 9.17) is 6.11 Å². The molecular formula is C30H32N2O. The van der Waals surface area contributed by atoms with E-state index in [9.17, 15) is 0 Å². The maximum absolute atomic E-state index is 8.46. The Bertz CT molecular complexity index is 1020. The fourth-order valence-electron chi connectivity index (χ4n) is 4.18. The Labute approximate surface area is 198 Å². The molecule has 1 unspecified atom stereocenters. The molecule has 33 heavy (non-hydrogen) atoms. The van der Waals surface area contributed by atoms with Crippen molar-refractivity contribution in [2.45, 2.75) is 32.0 Å². The Balaban J connectivity index is 1.75. The predicted octanol–water partition coefficient (Wildman–Crippen LogP) is 6.20. The van der Waals surface area contributed by atoms with Crippen molar-refractivity contribution in [3.05, 3.63) is 138 Å². The molecule has 0 spiro atoms. The number of rotatable bonds is 10. The molecule has 0 saturated carbocycles. The first-order valence-electron chi connectivity index (χ1n) is 12.1. The lowest BCUT2D eigenvalue weighted by molar-refractivity contribution is 0.0770. The zero-order valence-corrected chi connectivity index (χ0v) is 19.3. The van der Waals surface area contributed by atoms with Crippen LogP contribution >= 0.6 is 0 Å².